The smallest absolute Gasteiger partial charge is 0.108 e. The summed E-state index contributed by atoms with van der Waals surface area (Å²) in [4.78, 5) is 2.35. The van der Waals surface area contributed by atoms with E-state index >= 15 is 0 Å². The number of rotatable bonds is 5. The van der Waals surface area contributed by atoms with Crippen LogP contribution in [0.5, 0.6) is 0 Å². The van der Waals surface area contributed by atoms with E-state index in [4.69, 9.17) is 18.0 Å². The molecule has 1 aliphatic rings. The standard InChI is InChI=1S/C17H20ClN/c1-3-5-11-17(4-2)16-9-7-6-8-15(16)10-13-19(17)14-12-18/h2-3,6-9H,1,5,10-14H2. The third kappa shape index (κ3) is 2.56. The number of fused-ring (bicyclic) bond motifs is 1. The molecule has 0 saturated heterocycles. The minimum absolute atomic E-state index is 0.322. The Morgan fingerprint density at radius 2 is 2.26 bits per heavy atom. The molecule has 0 aromatic heterocycles. The third-order valence-corrected chi connectivity index (χ3v) is 4.13. The van der Waals surface area contributed by atoms with Gasteiger partial charge in [0.15, 0.2) is 0 Å². The second kappa shape index (κ2) is 6.28. The largest absolute Gasteiger partial charge is 0.282 e. The highest BCUT2D eigenvalue weighted by Gasteiger charge is 2.39. The molecule has 0 N–H and O–H groups in total. The Kier molecular flexibility index (Phi) is 4.69. The van der Waals surface area contributed by atoms with Crippen LogP contribution >= 0.6 is 11.6 Å². The van der Waals surface area contributed by atoms with Crippen molar-refractivity contribution in [2.45, 2.75) is 24.8 Å². The zero-order valence-electron chi connectivity index (χ0n) is 11.2. The second-order valence-corrected chi connectivity index (χ2v) is 5.29. The first-order valence-corrected chi connectivity index (χ1v) is 7.30. The molecule has 0 spiro atoms. The average Bonchev–Trinajstić information content (AvgIpc) is 2.46. The molecular formula is C17H20ClN. The molecule has 1 aliphatic heterocycles. The summed E-state index contributed by atoms with van der Waals surface area (Å²) in [6.07, 6.45) is 10.7. The van der Waals surface area contributed by atoms with E-state index < -0.39 is 0 Å². The van der Waals surface area contributed by atoms with Gasteiger partial charge < -0.3 is 0 Å². The zero-order chi connectivity index (χ0) is 13.7. The van der Waals surface area contributed by atoms with Gasteiger partial charge in [0.25, 0.3) is 0 Å². The zero-order valence-corrected chi connectivity index (χ0v) is 12.0. The number of alkyl halides is 1. The Hall–Kier alpha value is -1.23. The van der Waals surface area contributed by atoms with E-state index in [9.17, 15) is 0 Å². The predicted molar refractivity (Wildman–Crippen MR) is 82.4 cm³/mol. The average molecular weight is 274 g/mol. The normalized spacial score (nSPS) is 22.5. The van der Waals surface area contributed by atoms with Crippen molar-refractivity contribution in [2.75, 3.05) is 19.0 Å². The van der Waals surface area contributed by atoms with Crippen molar-refractivity contribution >= 4 is 11.6 Å². The van der Waals surface area contributed by atoms with E-state index in [2.05, 4.69) is 41.7 Å². The lowest BCUT2D eigenvalue weighted by atomic mass is 9.78. The van der Waals surface area contributed by atoms with E-state index in [-0.39, 0.29) is 5.54 Å². The molecule has 1 heterocycles. The Morgan fingerprint density at radius 1 is 1.47 bits per heavy atom. The number of benzene rings is 1. The van der Waals surface area contributed by atoms with Crippen molar-refractivity contribution in [1.82, 2.24) is 4.90 Å². The fraction of sp³-hybridized carbons (Fsp3) is 0.412. The first kappa shape index (κ1) is 14.2. The summed E-state index contributed by atoms with van der Waals surface area (Å²) in [6, 6.07) is 8.51. The lowest BCUT2D eigenvalue weighted by Crippen LogP contribution is -2.50. The van der Waals surface area contributed by atoms with Gasteiger partial charge in [-0.05, 0) is 30.4 Å². The minimum atomic E-state index is -0.322. The maximum absolute atomic E-state index is 5.95. The van der Waals surface area contributed by atoms with Crippen molar-refractivity contribution in [2.24, 2.45) is 0 Å². The molecule has 1 atom stereocenters. The molecule has 2 heteroatoms. The van der Waals surface area contributed by atoms with Crippen molar-refractivity contribution in [1.29, 1.82) is 0 Å². The summed E-state index contributed by atoms with van der Waals surface area (Å²) >= 11 is 5.95. The molecule has 0 bridgehead atoms. The SMILES string of the molecule is C#CC1(CCC=C)c2ccccc2CCN1CCCl. The maximum atomic E-state index is 5.95. The number of hydrogen-bond acceptors (Lipinski definition) is 1. The lowest BCUT2D eigenvalue weighted by Gasteiger charge is -2.45. The Morgan fingerprint density at radius 3 is 2.95 bits per heavy atom. The van der Waals surface area contributed by atoms with Crippen LogP contribution < -0.4 is 0 Å². The Balaban J connectivity index is 2.47. The molecule has 0 saturated carbocycles. The quantitative estimate of drug-likeness (QED) is 0.450. The fourth-order valence-electron chi connectivity index (χ4n) is 3.01. The van der Waals surface area contributed by atoms with Gasteiger partial charge in [-0.1, -0.05) is 36.3 Å². The molecule has 0 amide bonds. The van der Waals surface area contributed by atoms with E-state index in [1.807, 2.05) is 6.08 Å². The van der Waals surface area contributed by atoms with Crippen LogP contribution in [0.25, 0.3) is 0 Å². The number of nitrogens with zero attached hydrogens (tertiary/aromatic N) is 1. The van der Waals surface area contributed by atoms with Gasteiger partial charge in [-0.2, -0.15) is 0 Å². The van der Waals surface area contributed by atoms with E-state index in [0.29, 0.717) is 5.88 Å². The van der Waals surface area contributed by atoms with Crippen LogP contribution in [0.3, 0.4) is 0 Å². The first-order valence-electron chi connectivity index (χ1n) is 6.76. The van der Waals surface area contributed by atoms with Gasteiger partial charge in [-0.15, -0.1) is 24.6 Å². The molecule has 19 heavy (non-hydrogen) atoms. The summed E-state index contributed by atoms with van der Waals surface area (Å²) < 4.78 is 0. The van der Waals surface area contributed by atoms with Gasteiger partial charge in [0.2, 0.25) is 0 Å². The summed E-state index contributed by atoms with van der Waals surface area (Å²) in [7, 11) is 0. The highest BCUT2D eigenvalue weighted by Crippen LogP contribution is 2.38. The third-order valence-electron chi connectivity index (χ3n) is 3.96. The van der Waals surface area contributed by atoms with Gasteiger partial charge in [-0.25, -0.2) is 0 Å². The van der Waals surface area contributed by atoms with Crippen LogP contribution in [-0.2, 0) is 12.0 Å². The summed E-state index contributed by atoms with van der Waals surface area (Å²) in [5, 5.41) is 0. The lowest BCUT2D eigenvalue weighted by molar-refractivity contribution is 0.126. The van der Waals surface area contributed by atoms with Crippen LogP contribution in [0.4, 0.5) is 0 Å². The monoisotopic (exact) mass is 273 g/mol. The van der Waals surface area contributed by atoms with E-state index in [0.717, 1.165) is 32.4 Å². The highest BCUT2D eigenvalue weighted by molar-refractivity contribution is 6.18. The molecule has 1 nitrogen and oxygen atoms in total. The summed E-state index contributed by atoms with van der Waals surface area (Å²) in [5.41, 5.74) is 2.32. The molecule has 1 aromatic rings. The van der Waals surface area contributed by atoms with Crippen molar-refractivity contribution in [3.8, 4) is 12.3 Å². The summed E-state index contributed by atoms with van der Waals surface area (Å²) in [6.45, 7) is 5.63. The molecule has 100 valence electrons. The van der Waals surface area contributed by atoms with Crippen LogP contribution in [-0.4, -0.2) is 23.9 Å². The summed E-state index contributed by atoms with van der Waals surface area (Å²) in [5.74, 6) is 3.67. The number of halogens is 1. The van der Waals surface area contributed by atoms with Crippen LogP contribution in [0.1, 0.15) is 24.0 Å². The van der Waals surface area contributed by atoms with Gasteiger partial charge in [-0.3, -0.25) is 4.90 Å². The van der Waals surface area contributed by atoms with Crippen LogP contribution in [0.2, 0.25) is 0 Å². The van der Waals surface area contributed by atoms with E-state index in [1.54, 1.807) is 0 Å². The molecule has 0 radical (unpaired) electrons. The van der Waals surface area contributed by atoms with Crippen LogP contribution in [0.15, 0.2) is 36.9 Å². The van der Waals surface area contributed by atoms with Crippen LogP contribution in [0, 0.1) is 12.3 Å². The highest BCUT2D eigenvalue weighted by atomic mass is 35.5. The van der Waals surface area contributed by atoms with Gasteiger partial charge in [0.05, 0.1) is 0 Å². The van der Waals surface area contributed by atoms with Crippen molar-refractivity contribution in [3.63, 3.8) is 0 Å². The van der Waals surface area contributed by atoms with Crippen molar-refractivity contribution in [3.05, 3.63) is 48.0 Å². The molecule has 1 aromatic carbocycles. The predicted octanol–water partition coefficient (Wildman–Crippen LogP) is 3.58. The molecule has 0 aliphatic carbocycles. The number of hydrogen-bond donors (Lipinski definition) is 0. The van der Waals surface area contributed by atoms with Gasteiger partial charge in [0, 0.05) is 19.0 Å². The molecule has 0 fully saturated rings. The van der Waals surface area contributed by atoms with Gasteiger partial charge in [0.1, 0.15) is 5.54 Å². The Labute approximate surface area is 121 Å². The topological polar surface area (TPSA) is 3.24 Å². The molecule has 2 rings (SSSR count). The molecular weight excluding hydrogens is 254 g/mol. The number of allylic oxidation sites excluding steroid dienone is 1. The number of terminal acetylenes is 1. The second-order valence-electron chi connectivity index (χ2n) is 4.92. The first-order chi connectivity index (χ1) is 9.28. The van der Waals surface area contributed by atoms with Crippen molar-refractivity contribution < 1.29 is 0 Å². The van der Waals surface area contributed by atoms with Gasteiger partial charge >= 0.3 is 0 Å². The fourth-order valence-corrected chi connectivity index (χ4v) is 3.21. The minimum Gasteiger partial charge on any atom is -0.282 e. The molecule has 1 unspecified atom stereocenters. The Bertz CT molecular complexity index is 488. The van der Waals surface area contributed by atoms with E-state index in [1.165, 1.54) is 11.1 Å². The maximum Gasteiger partial charge on any atom is 0.108 e.